The molecule has 4 nitrogen and oxygen atoms in total. The highest BCUT2D eigenvalue weighted by Crippen LogP contribution is 2.26. The summed E-state index contributed by atoms with van der Waals surface area (Å²) in [6.45, 7) is 1.66. The molecular formula is C15H13FN2O2. The van der Waals surface area contributed by atoms with Crippen molar-refractivity contribution in [2.75, 3.05) is 0 Å². The molecule has 1 N–H and O–H groups in total. The van der Waals surface area contributed by atoms with Gasteiger partial charge in [0.05, 0.1) is 6.10 Å². The zero-order valence-electron chi connectivity index (χ0n) is 10.9. The average Bonchev–Trinajstić information content (AvgIpc) is 2.45. The van der Waals surface area contributed by atoms with Crippen LogP contribution < -0.4 is 4.74 Å². The van der Waals surface area contributed by atoms with Crippen LogP contribution in [-0.2, 0) is 6.61 Å². The monoisotopic (exact) mass is 272 g/mol. The van der Waals surface area contributed by atoms with Gasteiger partial charge in [-0.3, -0.25) is 0 Å². The molecule has 0 aliphatic heterocycles. The highest BCUT2D eigenvalue weighted by molar-refractivity contribution is 5.36. The van der Waals surface area contributed by atoms with E-state index in [1.54, 1.807) is 19.1 Å². The lowest BCUT2D eigenvalue weighted by molar-refractivity contribution is 0.189. The van der Waals surface area contributed by atoms with E-state index < -0.39 is 11.9 Å². The summed E-state index contributed by atoms with van der Waals surface area (Å²) in [6, 6.07) is 9.33. The number of benzene rings is 1. The first kappa shape index (κ1) is 14.0. The third-order valence-electron chi connectivity index (χ3n) is 2.81. The number of ether oxygens (including phenoxy) is 1. The van der Waals surface area contributed by atoms with Crippen molar-refractivity contribution in [3.63, 3.8) is 0 Å². The van der Waals surface area contributed by atoms with Gasteiger partial charge in [0.25, 0.3) is 0 Å². The maximum Gasteiger partial charge on any atom is 0.147 e. The number of nitrogens with zero attached hydrogens (tertiary/aromatic N) is 2. The second-order valence-electron chi connectivity index (χ2n) is 4.27. The third-order valence-corrected chi connectivity index (χ3v) is 2.81. The number of hydrogen-bond donors (Lipinski definition) is 1. The molecule has 1 atom stereocenters. The van der Waals surface area contributed by atoms with Gasteiger partial charge < -0.3 is 9.84 Å². The SMILES string of the molecule is CC(O)c1ccc(F)cc1OCc1cccnc1C#N. The van der Waals surface area contributed by atoms with Crippen LogP contribution in [0.4, 0.5) is 4.39 Å². The predicted molar refractivity (Wildman–Crippen MR) is 70.3 cm³/mol. The Balaban J connectivity index is 2.23. The summed E-state index contributed by atoms with van der Waals surface area (Å²) in [5.74, 6) is -0.191. The molecule has 0 aliphatic carbocycles. The molecule has 2 aromatic rings. The number of aliphatic hydroxyl groups is 1. The van der Waals surface area contributed by atoms with Crippen LogP contribution in [-0.4, -0.2) is 10.1 Å². The van der Waals surface area contributed by atoms with Crippen molar-refractivity contribution >= 4 is 0 Å². The molecule has 1 unspecified atom stereocenters. The average molecular weight is 272 g/mol. The van der Waals surface area contributed by atoms with Crippen LogP contribution in [0.1, 0.15) is 29.8 Å². The third kappa shape index (κ3) is 3.11. The van der Waals surface area contributed by atoms with Gasteiger partial charge in [-0.2, -0.15) is 5.26 Å². The smallest absolute Gasteiger partial charge is 0.147 e. The standard InChI is InChI=1S/C15H13FN2O2/c1-10(19)13-5-4-12(16)7-15(13)20-9-11-3-2-6-18-14(11)8-17/h2-7,10,19H,9H2,1H3. The van der Waals surface area contributed by atoms with Gasteiger partial charge >= 0.3 is 0 Å². The molecule has 0 saturated carbocycles. The fourth-order valence-electron chi connectivity index (χ4n) is 1.79. The molecule has 102 valence electrons. The highest BCUT2D eigenvalue weighted by Gasteiger charge is 2.11. The van der Waals surface area contributed by atoms with Crippen LogP contribution in [0, 0.1) is 17.1 Å². The molecule has 1 aromatic carbocycles. The zero-order chi connectivity index (χ0) is 14.5. The van der Waals surface area contributed by atoms with Crippen molar-refractivity contribution in [3.8, 4) is 11.8 Å². The molecule has 2 rings (SSSR count). The molecule has 0 spiro atoms. The van der Waals surface area contributed by atoms with E-state index in [-0.39, 0.29) is 18.1 Å². The summed E-state index contributed by atoms with van der Waals surface area (Å²) in [7, 11) is 0. The van der Waals surface area contributed by atoms with E-state index in [4.69, 9.17) is 10.00 Å². The van der Waals surface area contributed by atoms with Gasteiger partial charge in [0.15, 0.2) is 0 Å². The van der Waals surface area contributed by atoms with Gasteiger partial charge in [0, 0.05) is 23.4 Å². The van der Waals surface area contributed by atoms with Crippen LogP contribution in [0.3, 0.4) is 0 Å². The van der Waals surface area contributed by atoms with E-state index in [0.29, 0.717) is 11.1 Å². The van der Waals surface area contributed by atoms with Crippen molar-refractivity contribution in [3.05, 3.63) is 59.2 Å². The minimum absolute atomic E-state index is 0.0832. The number of aliphatic hydroxyl groups excluding tert-OH is 1. The van der Waals surface area contributed by atoms with Crippen LogP contribution in [0.25, 0.3) is 0 Å². The van der Waals surface area contributed by atoms with Crippen LogP contribution in [0.2, 0.25) is 0 Å². The van der Waals surface area contributed by atoms with E-state index in [1.807, 2.05) is 6.07 Å². The van der Waals surface area contributed by atoms with Crippen LogP contribution in [0.15, 0.2) is 36.5 Å². The van der Waals surface area contributed by atoms with E-state index >= 15 is 0 Å². The lowest BCUT2D eigenvalue weighted by Crippen LogP contribution is -2.03. The first-order valence-electron chi connectivity index (χ1n) is 6.06. The Hall–Kier alpha value is -2.45. The predicted octanol–water partition coefficient (Wildman–Crippen LogP) is 2.72. The Bertz CT molecular complexity index is 651. The van der Waals surface area contributed by atoms with E-state index in [2.05, 4.69) is 4.98 Å². The summed E-state index contributed by atoms with van der Waals surface area (Å²) < 4.78 is 18.8. The zero-order valence-corrected chi connectivity index (χ0v) is 10.9. The number of nitriles is 1. The van der Waals surface area contributed by atoms with E-state index in [0.717, 1.165) is 0 Å². The molecule has 0 amide bonds. The van der Waals surface area contributed by atoms with Gasteiger partial charge in [-0.25, -0.2) is 9.37 Å². The Kier molecular flexibility index (Phi) is 4.28. The minimum Gasteiger partial charge on any atom is -0.488 e. The maximum atomic E-state index is 13.3. The van der Waals surface area contributed by atoms with Crippen LogP contribution in [0.5, 0.6) is 5.75 Å². The topological polar surface area (TPSA) is 66.1 Å². The Morgan fingerprint density at radius 1 is 1.45 bits per heavy atom. The number of aromatic nitrogens is 1. The lowest BCUT2D eigenvalue weighted by atomic mass is 10.1. The summed E-state index contributed by atoms with van der Waals surface area (Å²) in [5, 5.41) is 18.6. The van der Waals surface area contributed by atoms with Gasteiger partial charge in [0.2, 0.25) is 0 Å². The number of pyridine rings is 1. The molecule has 1 heterocycles. The van der Waals surface area contributed by atoms with Gasteiger partial charge in [-0.15, -0.1) is 0 Å². The Morgan fingerprint density at radius 3 is 2.95 bits per heavy atom. The van der Waals surface area contributed by atoms with Crippen molar-refractivity contribution in [1.82, 2.24) is 4.98 Å². The second-order valence-corrected chi connectivity index (χ2v) is 4.27. The molecule has 0 saturated heterocycles. The van der Waals surface area contributed by atoms with Gasteiger partial charge in [-0.1, -0.05) is 6.07 Å². The normalized spacial score (nSPS) is 11.7. The number of rotatable bonds is 4. The molecule has 1 aromatic heterocycles. The number of halogens is 1. The quantitative estimate of drug-likeness (QED) is 0.929. The summed E-state index contributed by atoms with van der Waals surface area (Å²) in [6.07, 6.45) is 0.751. The molecule has 0 fully saturated rings. The van der Waals surface area contributed by atoms with Crippen molar-refractivity contribution in [2.24, 2.45) is 0 Å². The molecule has 5 heteroatoms. The Morgan fingerprint density at radius 2 is 2.25 bits per heavy atom. The molecule has 20 heavy (non-hydrogen) atoms. The van der Waals surface area contributed by atoms with Crippen molar-refractivity contribution in [2.45, 2.75) is 19.6 Å². The summed E-state index contributed by atoms with van der Waals surface area (Å²) in [5.41, 5.74) is 1.37. The fraction of sp³-hybridized carbons (Fsp3) is 0.200. The number of hydrogen-bond acceptors (Lipinski definition) is 4. The summed E-state index contributed by atoms with van der Waals surface area (Å²) in [4.78, 5) is 3.92. The first-order chi connectivity index (χ1) is 9.61. The molecule has 0 aliphatic rings. The largest absolute Gasteiger partial charge is 0.488 e. The van der Waals surface area contributed by atoms with Crippen molar-refractivity contribution < 1.29 is 14.2 Å². The van der Waals surface area contributed by atoms with Crippen molar-refractivity contribution in [1.29, 1.82) is 5.26 Å². The molecule has 0 bridgehead atoms. The van der Waals surface area contributed by atoms with Crippen LogP contribution >= 0.6 is 0 Å². The maximum absolute atomic E-state index is 13.3. The van der Waals surface area contributed by atoms with Gasteiger partial charge in [0.1, 0.15) is 29.9 Å². The molecular weight excluding hydrogens is 259 g/mol. The lowest BCUT2D eigenvalue weighted by Gasteiger charge is -2.13. The fourth-order valence-corrected chi connectivity index (χ4v) is 1.79. The Labute approximate surface area is 116 Å². The van der Waals surface area contributed by atoms with E-state index in [9.17, 15) is 9.50 Å². The molecule has 0 radical (unpaired) electrons. The van der Waals surface area contributed by atoms with E-state index in [1.165, 1.54) is 24.4 Å². The minimum atomic E-state index is -0.769. The first-order valence-corrected chi connectivity index (χ1v) is 6.06. The highest BCUT2D eigenvalue weighted by atomic mass is 19.1. The second kappa shape index (κ2) is 6.13. The summed E-state index contributed by atoms with van der Waals surface area (Å²) >= 11 is 0. The van der Waals surface area contributed by atoms with Gasteiger partial charge in [-0.05, 0) is 25.1 Å².